The summed E-state index contributed by atoms with van der Waals surface area (Å²) in [7, 11) is -0.850. The molecule has 0 aliphatic heterocycles. The molecule has 0 saturated carbocycles. The number of nitrogens with zero attached hydrogens (tertiary/aromatic N) is 1. The summed E-state index contributed by atoms with van der Waals surface area (Å²) in [6, 6.07) is 0. The number of unbranched alkanes of at least 4 members (excludes halogenated alkanes) is 1. The van der Waals surface area contributed by atoms with Gasteiger partial charge in [-0.3, -0.25) is 0 Å². The molecule has 0 fully saturated rings. The highest BCUT2D eigenvalue weighted by molar-refractivity contribution is 7.91. The minimum Gasteiger partial charge on any atom is -0.314 e. The molecule has 0 aromatic rings. The van der Waals surface area contributed by atoms with E-state index in [1.807, 2.05) is 27.8 Å². The van der Waals surface area contributed by atoms with Gasteiger partial charge in [0.2, 0.25) is 9.84 Å². The molecule has 0 spiro atoms. The third-order valence-electron chi connectivity index (χ3n) is 2.84. The number of rotatable bonds is 7. The maximum absolute atomic E-state index is 11.7. The van der Waals surface area contributed by atoms with Crippen LogP contribution in [0.5, 0.6) is 0 Å². The van der Waals surface area contributed by atoms with Gasteiger partial charge in [0.05, 0.1) is 25.9 Å². The lowest BCUT2D eigenvalue weighted by Crippen LogP contribution is -2.47. The molecule has 0 N–H and O–H groups in total. The van der Waals surface area contributed by atoms with Gasteiger partial charge < -0.3 is 4.48 Å². The van der Waals surface area contributed by atoms with Gasteiger partial charge in [0.25, 0.3) is 0 Å². The molecule has 0 unspecified atom stereocenters. The first-order valence-corrected chi connectivity index (χ1v) is 7.25. The molecule has 0 aliphatic carbocycles. The van der Waals surface area contributed by atoms with Crippen LogP contribution in [0.1, 0.15) is 33.6 Å². The van der Waals surface area contributed by atoms with E-state index in [9.17, 15) is 8.42 Å². The summed E-state index contributed by atoms with van der Waals surface area (Å²) < 4.78 is 24.0. The Morgan fingerprint density at radius 2 is 1.57 bits per heavy atom. The van der Waals surface area contributed by atoms with E-state index in [0.717, 1.165) is 25.9 Å². The lowest BCUT2D eigenvalue weighted by atomic mass is 10.4. The summed E-state index contributed by atoms with van der Waals surface area (Å²) in [5.41, 5.74) is 0. The predicted octanol–water partition coefficient (Wildman–Crippen LogP) is 1.65. The monoisotopic (exact) mass is 222 g/mol. The molecular weight excluding hydrogens is 198 g/mol. The van der Waals surface area contributed by atoms with Crippen LogP contribution in [0, 0.1) is 0 Å². The van der Waals surface area contributed by atoms with Crippen molar-refractivity contribution in [3.8, 4) is 0 Å². The lowest BCUT2D eigenvalue weighted by molar-refractivity contribution is -0.894. The first kappa shape index (κ1) is 13.9. The van der Waals surface area contributed by atoms with Crippen molar-refractivity contribution >= 4 is 9.84 Å². The van der Waals surface area contributed by atoms with Crippen LogP contribution in [0.3, 0.4) is 0 Å². The molecule has 0 bridgehead atoms. The van der Waals surface area contributed by atoms with Crippen LogP contribution in [-0.4, -0.2) is 44.7 Å². The average Bonchev–Trinajstić information content (AvgIpc) is 2.14. The lowest BCUT2D eigenvalue weighted by Gasteiger charge is -2.31. The number of sulfone groups is 1. The summed E-state index contributed by atoms with van der Waals surface area (Å²) in [6.07, 6.45) is 1.73. The summed E-state index contributed by atoms with van der Waals surface area (Å²) in [5.74, 6) is 0.636. The van der Waals surface area contributed by atoms with E-state index in [0.29, 0.717) is 16.1 Å². The second-order valence-corrected chi connectivity index (χ2v) is 6.34. The SMILES string of the molecule is CCCCS(=O)(=O)C[N+](C)(CC)CC. The van der Waals surface area contributed by atoms with Gasteiger partial charge in [0, 0.05) is 0 Å². The maximum atomic E-state index is 11.7. The van der Waals surface area contributed by atoms with Crippen LogP contribution >= 0.6 is 0 Å². The van der Waals surface area contributed by atoms with Gasteiger partial charge in [-0.1, -0.05) is 13.3 Å². The third-order valence-corrected chi connectivity index (χ3v) is 4.77. The zero-order valence-corrected chi connectivity index (χ0v) is 10.7. The first-order chi connectivity index (χ1) is 6.39. The molecule has 4 heteroatoms. The molecule has 0 rings (SSSR count). The smallest absolute Gasteiger partial charge is 0.200 e. The van der Waals surface area contributed by atoms with Crippen molar-refractivity contribution < 1.29 is 12.9 Å². The van der Waals surface area contributed by atoms with Crippen molar-refractivity contribution in [1.29, 1.82) is 0 Å². The molecule has 0 aliphatic rings. The summed E-state index contributed by atoms with van der Waals surface area (Å²) in [5, 5.41) is 0. The Morgan fingerprint density at radius 1 is 1.07 bits per heavy atom. The third kappa shape index (κ3) is 4.96. The quantitative estimate of drug-likeness (QED) is 0.614. The normalized spacial score (nSPS) is 13.1. The highest BCUT2D eigenvalue weighted by Crippen LogP contribution is 2.07. The molecular formula is C10H24NO2S+. The van der Waals surface area contributed by atoms with Crippen molar-refractivity contribution in [1.82, 2.24) is 0 Å². The van der Waals surface area contributed by atoms with Crippen LogP contribution in [-0.2, 0) is 9.84 Å². The van der Waals surface area contributed by atoms with Gasteiger partial charge >= 0.3 is 0 Å². The molecule has 0 radical (unpaired) electrons. The minimum atomic E-state index is -2.85. The predicted molar refractivity (Wildman–Crippen MR) is 60.8 cm³/mol. The summed E-state index contributed by atoms with van der Waals surface area (Å²) in [4.78, 5) is 0. The Morgan fingerprint density at radius 3 is 1.93 bits per heavy atom. The zero-order chi connectivity index (χ0) is 11.2. The van der Waals surface area contributed by atoms with Crippen LogP contribution in [0.15, 0.2) is 0 Å². The Balaban J connectivity index is 4.33. The van der Waals surface area contributed by atoms with Gasteiger partial charge in [-0.2, -0.15) is 0 Å². The van der Waals surface area contributed by atoms with E-state index in [1.54, 1.807) is 0 Å². The molecule has 0 saturated heterocycles. The molecule has 0 atom stereocenters. The Hall–Kier alpha value is -0.0900. The Bertz CT molecular complexity index is 243. The van der Waals surface area contributed by atoms with Gasteiger partial charge in [-0.05, 0) is 20.3 Å². The van der Waals surface area contributed by atoms with Gasteiger partial charge in [0.1, 0.15) is 0 Å². The molecule has 86 valence electrons. The fraction of sp³-hybridized carbons (Fsp3) is 1.00. The van der Waals surface area contributed by atoms with Gasteiger partial charge in [-0.15, -0.1) is 0 Å². The molecule has 0 heterocycles. The van der Waals surface area contributed by atoms with Crippen LogP contribution in [0.25, 0.3) is 0 Å². The average molecular weight is 222 g/mol. The van der Waals surface area contributed by atoms with E-state index >= 15 is 0 Å². The van der Waals surface area contributed by atoms with Crippen LogP contribution in [0.2, 0.25) is 0 Å². The van der Waals surface area contributed by atoms with Gasteiger partial charge in [0.15, 0.2) is 5.88 Å². The van der Waals surface area contributed by atoms with Crippen molar-refractivity contribution in [2.24, 2.45) is 0 Å². The zero-order valence-electron chi connectivity index (χ0n) is 9.91. The van der Waals surface area contributed by atoms with Crippen LogP contribution in [0.4, 0.5) is 0 Å². The van der Waals surface area contributed by atoms with Crippen molar-refractivity contribution in [3.05, 3.63) is 0 Å². The van der Waals surface area contributed by atoms with Crippen molar-refractivity contribution in [2.75, 3.05) is 31.8 Å². The molecule has 0 aromatic carbocycles. The minimum absolute atomic E-state index is 0.292. The second kappa shape index (κ2) is 5.71. The van der Waals surface area contributed by atoms with Crippen molar-refractivity contribution in [2.45, 2.75) is 33.6 Å². The summed E-state index contributed by atoms with van der Waals surface area (Å²) in [6.45, 7) is 7.85. The van der Waals surface area contributed by atoms with E-state index in [2.05, 4.69) is 0 Å². The van der Waals surface area contributed by atoms with E-state index in [-0.39, 0.29) is 0 Å². The molecule has 0 amide bonds. The number of quaternary nitrogens is 1. The van der Waals surface area contributed by atoms with Gasteiger partial charge in [-0.25, -0.2) is 8.42 Å². The fourth-order valence-electron chi connectivity index (χ4n) is 1.31. The first-order valence-electron chi connectivity index (χ1n) is 5.43. The highest BCUT2D eigenvalue weighted by Gasteiger charge is 2.25. The molecule has 3 nitrogen and oxygen atoms in total. The number of hydrogen-bond donors (Lipinski definition) is 0. The van der Waals surface area contributed by atoms with Crippen LogP contribution < -0.4 is 0 Å². The van der Waals surface area contributed by atoms with E-state index in [1.165, 1.54) is 0 Å². The Labute approximate surface area is 88.6 Å². The largest absolute Gasteiger partial charge is 0.314 e. The molecule has 0 aromatic heterocycles. The second-order valence-electron chi connectivity index (χ2n) is 4.18. The maximum Gasteiger partial charge on any atom is 0.200 e. The fourth-order valence-corrected chi connectivity index (χ4v) is 3.48. The van der Waals surface area contributed by atoms with E-state index < -0.39 is 9.84 Å². The number of hydrogen-bond acceptors (Lipinski definition) is 2. The molecule has 14 heavy (non-hydrogen) atoms. The Kier molecular flexibility index (Phi) is 5.67. The standard InChI is InChI=1S/C10H24NO2S/c1-5-8-9-14(12,13)10-11(4,6-2)7-3/h5-10H2,1-4H3/q+1. The topological polar surface area (TPSA) is 34.1 Å². The highest BCUT2D eigenvalue weighted by atomic mass is 32.2. The van der Waals surface area contributed by atoms with Crippen molar-refractivity contribution in [3.63, 3.8) is 0 Å². The summed E-state index contributed by atoms with van der Waals surface area (Å²) >= 11 is 0. The van der Waals surface area contributed by atoms with E-state index in [4.69, 9.17) is 0 Å².